The van der Waals surface area contributed by atoms with E-state index in [0.717, 1.165) is 0 Å². The molecular formula is C9H15N. The van der Waals surface area contributed by atoms with E-state index in [1.807, 2.05) is 7.05 Å². The van der Waals surface area contributed by atoms with Gasteiger partial charge in [-0.1, -0.05) is 11.6 Å². The predicted molar refractivity (Wildman–Crippen MR) is 44.8 cm³/mol. The Balaban J connectivity index is 2.85. The minimum atomic E-state index is 1.18. The molecule has 0 aliphatic heterocycles. The molecule has 1 N–H and O–H groups in total. The summed E-state index contributed by atoms with van der Waals surface area (Å²) in [6, 6.07) is 0. The first-order valence-corrected chi connectivity index (χ1v) is 3.80. The van der Waals surface area contributed by atoms with Crippen molar-refractivity contribution in [3.63, 3.8) is 0 Å². The van der Waals surface area contributed by atoms with Crippen LogP contribution in [0.25, 0.3) is 0 Å². The van der Waals surface area contributed by atoms with E-state index in [1.165, 1.54) is 29.7 Å². The molecule has 0 bridgehead atoms. The topological polar surface area (TPSA) is 12.0 Å². The normalized spacial score (nSPS) is 18.9. The van der Waals surface area contributed by atoms with Crippen LogP contribution in [-0.4, -0.2) is 7.05 Å². The Morgan fingerprint density at radius 2 is 2.10 bits per heavy atom. The van der Waals surface area contributed by atoms with Gasteiger partial charge in [-0.3, -0.25) is 0 Å². The first-order chi connectivity index (χ1) is 4.75. The first-order valence-electron chi connectivity index (χ1n) is 3.80. The Labute approximate surface area is 62.8 Å². The second-order valence-electron chi connectivity index (χ2n) is 2.78. The summed E-state index contributed by atoms with van der Waals surface area (Å²) in [7, 11) is 2.00. The smallest absolute Gasteiger partial charge is 0.0139 e. The fraction of sp³-hybridized carbons (Fsp3) is 0.556. The van der Waals surface area contributed by atoms with Crippen molar-refractivity contribution in [1.82, 2.24) is 5.32 Å². The molecule has 1 heteroatoms. The lowest BCUT2D eigenvalue weighted by molar-refractivity contribution is 0.811. The largest absolute Gasteiger partial charge is 0.391 e. The van der Waals surface area contributed by atoms with Crippen molar-refractivity contribution < 1.29 is 0 Å². The molecule has 1 aliphatic rings. The van der Waals surface area contributed by atoms with E-state index in [2.05, 4.69) is 25.2 Å². The molecule has 10 heavy (non-hydrogen) atoms. The van der Waals surface area contributed by atoms with Gasteiger partial charge in [0.1, 0.15) is 0 Å². The van der Waals surface area contributed by atoms with Crippen LogP contribution in [0.5, 0.6) is 0 Å². The molecule has 1 rings (SSSR count). The second-order valence-corrected chi connectivity index (χ2v) is 2.78. The summed E-state index contributed by atoms with van der Waals surface area (Å²) in [6.45, 7) is 4.35. The van der Waals surface area contributed by atoms with Crippen LogP contribution in [0.4, 0.5) is 0 Å². The van der Waals surface area contributed by atoms with Crippen molar-refractivity contribution in [2.75, 3.05) is 7.05 Å². The molecule has 0 spiro atoms. The van der Waals surface area contributed by atoms with E-state index in [4.69, 9.17) is 0 Å². The minimum Gasteiger partial charge on any atom is -0.391 e. The summed E-state index contributed by atoms with van der Waals surface area (Å²) < 4.78 is 0. The average Bonchev–Trinajstić information content (AvgIpc) is 1.95. The predicted octanol–water partition coefficient (Wildman–Crippen LogP) is 2.22. The van der Waals surface area contributed by atoms with Gasteiger partial charge in [0, 0.05) is 12.7 Å². The van der Waals surface area contributed by atoms with Crippen LogP contribution >= 0.6 is 0 Å². The summed E-state index contributed by atoms with van der Waals surface area (Å²) >= 11 is 0. The van der Waals surface area contributed by atoms with Crippen LogP contribution in [-0.2, 0) is 0 Å². The highest BCUT2D eigenvalue weighted by Crippen LogP contribution is 2.21. The highest BCUT2D eigenvalue weighted by Gasteiger charge is 2.06. The lowest BCUT2D eigenvalue weighted by Gasteiger charge is -2.16. The van der Waals surface area contributed by atoms with Gasteiger partial charge < -0.3 is 5.32 Å². The highest BCUT2D eigenvalue weighted by atomic mass is 14.8. The molecule has 0 saturated heterocycles. The molecule has 0 saturated carbocycles. The zero-order chi connectivity index (χ0) is 7.56. The van der Waals surface area contributed by atoms with Crippen LogP contribution < -0.4 is 5.32 Å². The monoisotopic (exact) mass is 137 g/mol. The lowest BCUT2D eigenvalue weighted by atomic mass is 9.98. The molecule has 0 aromatic heterocycles. The van der Waals surface area contributed by atoms with Crippen molar-refractivity contribution in [2.45, 2.75) is 26.7 Å². The maximum Gasteiger partial charge on any atom is 0.0139 e. The molecule has 56 valence electrons. The molecule has 0 unspecified atom stereocenters. The van der Waals surface area contributed by atoms with Crippen LogP contribution in [0.3, 0.4) is 0 Å². The summed E-state index contributed by atoms with van der Waals surface area (Å²) in [5, 5.41) is 3.22. The molecule has 0 radical (unpaired) electrons. The van der Waals surface area contributed by atoms with E-state index >= 15 is 0 Å². The standard InChI is InChI=1S/C9H15N/c1-7-5-4-6-9(10-3)8(7)2/h5,10H,4,6H2,1-3H3. The van der Waals surface area contributed by atoms with Gasteiger partial charge in [0.05, 0.1) is 0 Å². The van der Waals surface area contributed by atoms with Gasteiger partial charge in [-0.25, -0.2) is 0 Å². The van der Waals surface area contributed by atoms with Gasteiger partial charge in [-0.15, -0.1) is 0 Å². The van der Waals surface area contributed by atoms with Gasteiger partial charge in [0.15, 0.2) is 0 Å². The zero-order valence-corrected chi connectivity index (χ0v) is 6.99. The van der Waals surface area contributed by atoms with Crippen molar-refractivity contribution in [3.05, 3.63) is 22.9 Å². The van der Waals surface area contributed by atoms with E-state index < -0.39 is 0 Å². The molecule has 0 amide bonds. The summed E-state index contributed by atoms with van der Waals surface area (Å²) in [5.74, 6) is 0. The number of rotatable bonds is 1. The summed E-state index contributed by atoms with van der Waals surface area (Å²) in [4.78, 5) is 0. The Morgan fingerprint density at radius 3 is 2.60 bits per heavy atom. The SMILES string of the molecule is CNC1=C(C)C(C)=CCC1. The number of nitrogens with one attached hydrogen (secondary N) is 1. The molecule has 0 aromatic carbocycles. The Bertz CT molecular complexity index is 187. The molecule has 0 aromatic rings. The van der Waals surface area contributed by atoms with Crippen molar-refractivity contribution in [2.24, 2.45) is 0 Å². The molecule has 1 nitrogen and oxygen atoms in total. The molecular weight excluding hydrogens is 122 g/mol. The Hall–Kier alpha value is -0.720. The van der Waals surface area contributed by atoms with Gasteiger partial charge in [-0.05, 0) is 32.3 Å². The lowest BCUT2D eigenvalue weighted by Crippen LogP contribution is -2.10. The zero-order valence-electron chi connectivity index (χ0n) is 6.99. The molecule has 1 aliphatic carbocycles. The van der Waals surface area contributed by atoms with Crippen LogP contribution in [0.2, 0.25) is 0 Å². The van der Waals surface area contributed by atoms with E-state index in [0.29, 0.717) is 0 Å². The average molecular weight is 137 g/mol. The fourth-order valence-corrected chi connectivity index (χ4v) is 1.32. The first kappa shape index (κ1) is 7.39. The Morgan fingerprint density at radius 1 is 1.40 bits per heavy atom. The summed E-state index contributed by atoms with van der Waals surface area (Å²) in [6.07, 6.45) is 4.68. The van der Waals surface area contributed by atoms with E-state index in [1.54, 1.807) is 0 Å². The third-order valence-electron chi connectivity index (χ3n) is 2.19. The van der Waals surface area contributed by atoms with Crippen LogP contribution in [0.15, 0.2) is 22.9 Å². The van der Waals surface area contributed by atoms with Gasteiger partial charge in [-0.2, -0.15) is 0 Å². The third kappa shape index (κ3) is 1.23. The Kier molecular flexibility index (Phi) is 2.15. The van der Waals surface area contributed by atoms with Crippen LogP contribution in [0.1, 0.15) is 26.7 Å². The number of hydrogen-bond donors (Lipinski definition) is 1. The van der Waals surface area contributed by atoms with Crippen molar-refractivity contribution in [1.29, 1.82) is 0 Å². The van der Waals surface area contributed by atoms with E-state index in [-0.39, 0.29) is 0 Å². The molecule has 0 heterocycles. The van der Waals surface area contributed by atoms with Crippen LogP contribution in [0, 0.1) is 0 Å². The van der Waals surface area contributed by atoms with Crippen molar-refractivity contribution >= 4 is 0 Å². The third-order valence-corrected chi connectivity index (χ3v) is 2.19. The maximum absolute atomic E-state index is 3.22. The molecule has 0 atom stereocenters. The van der Waals surface area contributed by atoms with Gasteiger partial charge in [0.2, 0.25) is 0 Å². The second kappa shape index (κ2) is 2.91. The van der Waals surface area contributed by atoms with Gasteiger partial charge >= 0.3 is 0 Å². The fourth-order valence-electron chi connectivity index (χ4n) is 1.32. The summed E-state index contributed by atoms with van der Waals surface area (Å²) in [5.41, 5.74) is 4.25. The maximum atomic E-state index is 3.22. The molecule has 0 fully saturated rings. The highest BCUT2D eigenvalue weighted by molar-refractivity contribution is 5.34. The van der Waals surface area contributed by atoms with E-state index in [9.17, 15) is 0 Å². The minimum absolute atomic E-state index is 1.18. The quantitative estimate of drug-likeness (QED) is 0.584. The number of allylic oxidation sites excluding steroid dienone is 4. The van der Waals surface area contributed by atoms with Gasteiger partial charge in [0.25, 0.3) is 0 Å². The van der Waals surface area contributed by atoms with Crippen molar-refractivity contribution in [3.8, 4) is 0 Å². The number of hydrogen-bond acceptors (Lipinski definition) is 1.